The Bertz CT molecular complexity index is 75.8. The van der Waals surface area contributed by atoms with Crippen molar-refractivity contribution >= 4 is 7.82 Å². The van der Waals surface area contributed by atoms with Gasteiger partial charge in [0.05, 0.1) is 0 Å². The van der Waals surface area contributed by atoms with Crippen molar-refractivity contribution in [3.63, 3.8) is 0 Å². The molecule has 0 atom stereocenters. The van der Waals surface area contributed by atoms with Gasteiger partial charge in [-0.1, -0.05) is 0 Å². The van der Waals surface area contributed by atoms with Crippen LogP contribution in [0.1, 0.15) is 0 Å². The van der Waals surface area contributed by atoms with Crippen molar-refractivity contribution in [1.82, 2.24) is 0 Å². The summed E-state index contributed by atoms with van der Waals surface area (Å²) in [5, 5.41) is 0. The van der Waals surface area contributed by atoms with Gasteiger partial charge >= 0.3 is 7.82 Å². The minimum atomic E-state index is -4.37. The molecular weight excluding hydrogens is 205 g/mol. The summed E-state index contributed by atoms with van der Waals surface area (Å²) in [6, 6.07) is 0. The smallest absolute Gasteiger partial charge is 0.302 e. The third-order valence-electron chi connectivity index (χ3n) is 0.137. The second kappa shape index (κ2) is 3.72. The summed E-state index contributed by atoms with van der Waals surface area (Å²) in [5.74, 6) is 4.04. The zero-order valence-corrected chi connectivity index (χ0v) is 6.05. The molecule has 0 radical (unpaired) electrons. The minimum absolute atomic E-state index is 0. The summed E-state index contributed by atoms with van der Waals surface area (Å²) < 4.78 is 12.5. The van der Waals surface area contributed by atoms with Crippen molar-refractivity contribution in [2.24, 2.45) is 5.90 Å². The SMILES string of the molecule is NOP(=O)(O)O.[Mo]. The summed E-state index contributed by atoms with van der Waals surface area (Å²) in [5.41, 5.74) is 0. The van der Waals surface area contributed by atoms with Gasteiger partial charge in [-0.2, -0.15) is 0 Å². The second-order valence-corrected chi connectivity index (χ2v) is 1.79. The van der Waals surface area contributed by atoms with Crippen LogP contribution in [0.3, 0.4) is 0 Å². The van der Waals surface area contributed by atoms with Crippen LogP contribution in [0.2, 0.25) is 0 Å². The van der Waals surface area contributed by atoms with Crippen molar-refractivity contribution in [1.29, 1.82) is 0 Å². The number of hydrogen-bond acceptors (Lipinski definition) is 3. The quantitative estimate of drug-likeness (QED) is 0.291. The molecule has 7 heteroatoms. The van der Waals surface area contributed by atoms with E-state index < -0.39 is 7.82 Å². The van der Waals surface area contributed by atoms with E-state index in [2.05, 4.69) is 10.5 Å². The Kier molecular flexibility index (Phi) is 5.68. The Labute approximate surface area is 54.3 Å². The molecule has 0 fully saturated rings. The predicted molar refractivity (Wildman–Crippen MR) is 17.3 cm³/mol. The summed E-state index contributed by atoms with van der Waals surface area (Å²) in [7, 11) is -4.37. The van der Waals surface area contributed by atoms with Gasteiger partial charge < -0.3 is 9.79 Å². The van der Waals surface area contributed by atoms with Crippen LogP contribution in [0, 0.1) is 0 Å². The first-order chi connectivity index (χ1) is 2.56. The second-order valence-electron chi connectivity index (χ2n) is 0.596. The zero-order chi connectivity index (χ0) is 5.21. The molecule has 0 aromatic carbocycles. The largest absolute Gasteiger partial charge is 0.485 e. The van der Waals surface area contributed by atoms with Crippen molar-refractivity contribution < 1.29 is 40.0 Å². The van der Waals surface area contributed by atoms with Crippen LogP contribution in [0.4, 0.5) is 0 Å². The maximum Gasteiger partial charge on any atom is 0.485 e. The van der Waals surface area contributed by atoms with Crippen LogP contribution in [-0.2, 0) is 30.3 Å². The van der Waals surface area contributed by atoms with E-state index in [4.69, 9.17) is 9.79 Å². The minimum Gasteiger partial charge on any atom is -0.302 e. The fourth-order valence-corrected chi connectivity index (χ4v) is 0. The number of rotatable bonds is 1. The van der Waals surface area contributed by atoms with E-state index >= 15 is 0 Å². The van der Waals surface area contributed by atoms with Crippen LogP contribution < -0.4 is 5.90 Å². The van der Waals surface area contributed by atoms with E-state index in [0.717, 1.165) is 0 Å². The summed E-state index contributed by atoms with van der Waals surface area (Å²) in [6.45, 7) is 0. The summed E-state index contributed by atoms with van der Waals surface area (Å²) >= 11 is 0. The van der Waals surface area contributed by atoms with Crippen LogP contribution >= 0.6 is 7.82 Å². The third-order valence-corrected chi connectivity index (χ3v) is 0.412. The summed E-state index contributed by atoms with van der Waals surface area (Å²) in [4.78, 5) is 15.2. The maximum absolute atomic E-state index is 9.35. The third kappa shape index (κ3) is 10.8. The van der Waals surface area contributed by atoms with Crippen LogP contribution in [0.15, 0.2) is 0 Å². The fourth-order valence-electron chi connectivity index (χ4n) is 0. The van der Waals surface area contributed by atoms with E-state index in [-0.39, 0.29) is 21.1 Å². The van der Waals surface area contributed by atoms with Gasteiger partial charge in [-0.3, -0.25) is 0 Å². The molecule has 5 nitrogen and oxygen atoms in total. The summed E-state index contributed by atoms with van der Waals surface area (Å²) in [6.07, 6.45) is 0. The number of phosphoric acid groups is 1. The molecule has 0 aromatic rings. The topological polar surface area (TPSA) is 92.8 Å². The molecule has 0 bridgehead atoms. The van der Waals surface area contributed by atoms with Gasteiger partial charge in [0.25, 0.3) is 0 Å². The molecule has 4 N–H and O–H groups in total. The average Bonchev–Trinajstić information content (AvgIpc) is 1.35. The molecule has 44 valence electrons. The van der Waals surface area contributed by atoms with E-state index in [1.807, 2.05) is 0 Å². The predicted octanol–water partition coefficient (Wildman–Crippen LogP) is -1.03. The van der Waals surface area contributed by atoms with Crippen molar-refractivity contribution in [3.8, 4) is 0 Å². The van der Waals surface area contributed by atoms with Gasteiger partial charge in [-0.15, -0.1) is 0 Å². The standard InChI is InChI=1S/Mo.H4NO4P/c;1-5-6(2,3)4/h;1H2,(H2,2,3,4). The Morgan fingerprint density at radius 2 is 1.71 bits per heavy atom. The Balaban J connectivity index is 0. The maximum atomic E-state index is 9.35. The van der Waals surface area contributed by atoms with Gasteiger partial charge in [0, 0.05) is 21.1 Å². The van der Waals surface area contributed by atoms with E-state index in [9.17, 15) is 4.57 Å². The Morgan fingerprint density at radius 3 is 1.71 bits per heavy atom. The average molecular weight is 209 g/mol. The van der Waals surface area contributed by atoms with Gasteiger partial charge in [0.1, 0.15) is 0 Å². The fraction of sp³-hybridized carbons (Fsp3) is 0. The van der Waals surface area contributed by atoms with Crippen LogP contribution in [-0.4, -0.2) is 9.79 Å². The van der Waals surface area contributed by atoms with Gasteiger partial charge in [0.2, 0.25) is 0 Å². The Hall–Kier alpha value is 0.758. The van der Waals surface area contributed by atoms with Gasteiger partial charge in [0.15, 0.2) is 0 Å². The molecule has 0 saturated heterocycles. The molecule has 0 saturated carbocycles. The normalized spacial score (nSPS) is 10.1. The van der Waals surface area contributed by atoms with E-state index in [0.29, 0.717) is 0 Å². The molecule has 0 heterocycles. The first kappa shape index (κ1) is 10.7. The monoisotopic (exact) mass is 211 g/mol. The van der Waals surface area contributed by atoms with Gasteiger partial charge in [-0.05, 0) is 0 Å². The molecule has 0 unspecified atom stereocenters. The first-order valence-corrected chi connectivity index (χ1v) is 2.53. The van der Waals surface area contributed by atoms with Crippen molar-refractivity contribution in [2.75, 3.05) is 0 Å². The van der Waals surface area contributed by atoms with Crippen LogP contribution in [0.5, 0.6) is 0 Å². The number of hydrogen-bond donors (Lipinski definition) is 3. The first-order valence-electron chi connectivity index (χ1n) is 1.00. The molecule has 0 aliphatic rings. The molecule has 7 heavy (non-hydrogen) atoms. The molecule has 0 amide bonds. The molecular formula is H4MoNO4P. The molecule has 0 aliphatic heterocycles. The zero-order valence-electron chi connectivity index (χ0n) is 3.14. The van der Waals surface area contributed by atoms with E-state index in [1.54, 1.807) is 0 Å². The van der Waals surface area contributed by atoms with Crippen molar-refractivity contribution in [3.05, 3.63) is 0 Å². The number of nitrogens with two attached hydrogens (primary N) is 1. The molecule has 0 rings (SSSR count). The molecule has 0 aromatic heterocycles. The molecule has 0 aliphatic carbocycles. The Morgan fingerprint density at radius 1 is 1.57 bits per heavy atom. The van der Waals surface area contributed by atoms with Crippen LogP contribution in [0.25, 0.3) is 0 Å². The molecule has 0 spiro atoms. The van der Waals surface area contributed by atoms with Gasteiger partial charge in [-0.25, -0.2) is 15.1 Å². The van der Waals surface area contributed by atoms with E-state index in [1.165, 1.54) is 0 Å². The van der Waals surface area contributed by atoms with Crippen molar-refractivity contribution in [2.45, 2.75) is 0 Å².